The predicted octanol–water partition coefficient (Wildman–Crippen LogP) is 0.649. The number of hydrogen-bond acceptors (Lipinski definition) is 4. The SMILES string of the molecule is CC1CC(N(C)S)CC(O)O1. The fraction of sp³-hybridized carbons (Fsp3) is 1.00. The molecule has 1 saturated heterocycles. The van der Waals surface area contributed by atoms with Crippen LogP contribution in [0.3, 0.4) is 0 Å². The minimum atomic E-state index is -0.613. The molecule has 1 rings (SSSR count). The Balaban J connectivity index is 2.43. The summed E-state index contributed by atoms with van der Waals surface area (Å²) in [5.74, 6) is 0. The van der Waals surface area contributed by atoms with Crippen LogP contribution in [-0.2, 0) is 4.74 Å². The number of ether oxygens (including phenoxy) is 1. The molecule has 3 nitrogen and oxygen atoms in total. The summed E-state index contributed by atoms with van der Waals surface area (Å²) in [5.41, 5.74) is 0. The minimum Gasteiger partial charge on any atom is -0.368 e. The smallest absolute Gasteiger partial charge is 0.156 e. The molecule has 1 aliphatic heterocycles. The Labute approximate surface area is 72.9 Å². The molecule has 66 valence electrons. The van der Waals surface area contributed by atoms with Crippen molar-refractivity contribution in [1.82, 2.24) is 4.31 Å². The number of hydrogen-bond donors (Lipinski definition) is 2. The first-order valence-corrected chi connectivity index (χ1v) is 4.25. The Morgan fingerprint density at radius 3 is 2.64 bits per heavy atom. The van der Waals surface area contributed by atoms with Crippen molar-refractivity contribution in [2.24, 2.45) is 0 Å². The van der Waals surface area contributed by atoms with Gasteiger partial charge >= 0.3 is 0 Å². The zero-order chi connectivity index (χ0) is 8.43. The van der Waals surface area contributed by atoms with E-state index in [1.54, 1.807) is 0 Å². The van der Waals surface area contributed by atoms with Crippen LogP contribution in [0.25, 0.3) is 0 Å². The molecule has 11 heavy (non-hydrogen) atoms. The molecule has 0 aromatic heterocycles. The number of aliphatic hydroxyl groups is 1. The average Bonchev–Trinajstić information content (AvgIpc) is 1.85. The fourth-order valence-corrected chi connectivity index (χ4v) is 1.59. The second kappa shape index (κ2) is 3.76. The second-order valence-electron chi connectivity index (χ2n) is 3.10. The van der Waals surface area contributed by atoms with Gasteiger partial charge in [0.05, 0.1) is 6.10 Å². The Morgan fingerprint density at radius 1 is 1.55 bits per heavy atom. The van der Waals surface area contributed by atoms with Crippen molar-refractivity contribution in [2.45, 2.75) is 38.2 Å². The number of nitrogens with zero attached hydrogens (tertiary/aromatic N) is 1. The molecule has 0 aromatic rings. The molecule has 0 radical (unpaired) electrons. The molecule has 1 fully saturated rings. The summed E-state index contributed by atoms with van der Waals surface area (Å²) in [6, 6.07) is 0.331. The maximum atomic E-state index is 9.22. The van der Waals surface area contributed by atoms with Crippen LogP contribution in [0, 0.1) is 0 Å². The molecule has 4 heteroatoms. The summed E-state index contributed by atoms with van der Waals surface area (Å²) >= 11 is 4.19. The predicted molar refractivity (Wildman–Crippen MR) is 46.3 cm³/mol. The van der Waals surface area contributed by atoms with E-state index in [9.17, 15) is 5.11 Å². The molecule has 3 atom stereocenters. The van der Waals surface area contributed by atoms with E-state index in [-0.39, 0.29) is 6.10 Å². The van der Waals surface area contributed by atoms with Gasteiger partial charge < -0.3 is 9.84 Å². The van der Waals surface area contributed by atoms with Gasteiger partial charge in [-0.3, -0.25) is 4.31 Å². The van der Waals surface area contributed by atoms with E-state index in [0.29, 0.717) is 12.5 Å². The van der Waals surface area contributed by atoms with E-state index >= 15 is 0 Å². The van der Waals surface area contributed by atoms with E-state index in [4.69, 9.17) is 4.74 Å². The Kier molecular flexibility index (Phi) is 3.18. The van der Waals surface area contributed by atoms with Crippen molar-refractivity contribution in [2.75, 3.05) is 7.05 Å². The van der Waals surface area contributed by atoms with E-state index < -0.39 is 6.29 Å². The maximum Gasteiger partial charge on any atom is 0.156 e. The zero-order valence-corrected chi connectivity index (χ0v) is 7.79. The molecular weight excluding hydrogens is 162 g/mol. The Bertz CT molecular complexity index is 122. The van der Waals surface area contributed by atoms with E-state index in [0.717, 1.165) is 6.42 Å². The molecule has 1 N–H and O–H groups in total. The van der Waals surface area contributed by atoms with Gasteiger partial charge in [-0.25, -0.2) is 0 Å². The van der Waals surface area contributed by atoms with Crippen LogP contribution in [-0.4, -0.2) is 34.9 Å². The molecule has 1 heterocycles. The lowest BCUT2D eigenvalue weighted by atomic mass is 10.0. The lowest BCUT2D eigenvalue weighted by Crippen LogP contribution is -2.39. The zero-order valence-electron chi connectivity index (χ0n) is 6.90. The highest BCUT2D eigenvalue weighted by atomic mass is 32.1. The topological polar surface area (TPSA) is 32.7 Å². The van der Waals surface area contributed by atoms with Crippen LogP contribution in [0.5, 0.6) is 0 Å². The molecule has 0 amide bonds. The third-order valence-corrected chi connectivity index (χ3v) is 2.32. The van der Waals surface area contributed by atoms with Gasteiger partial charge in [0.15, 0.2) is 6.29 Å². The van der Waals surface area contributed by atoms with Crippen LogP contribution in [0.2, 0.25) is 0 Å². The molecule has 3 unspecified atom stereocenters. The first-order chi connectivity index (χ1) is 5.09. The third-order valence-electron chi connectivity index (χ3n) is 2.00. The molecule has 0 spiro atoms. The first kappa shape index (κ1) is 9.32. The first-order valence-electron chi connectivity index (χ1n) is 3.85. The monoisotopic (exact) mass is 177 g/mol. The van der Waals surface area contributed by atoms with Crippen molar-refractivity contribution in [3.8, 4) is 0 Å². The van der Waals surface area contributed by atoms with Gasteiger partial charge in [0, 0.05) is 12.5 Å². The lowest BCUT2D eigenvalue weighted by molar-refractivity contribution is -0.168. The summed E-state index contributed by atoms with van der Waals surface area (Å²) in [6.07, 6.45) is 1.12. The summed E-state index contributed by atoms with van der Waals surface area (Å²) in [4.78, 5) is 0. The third kappa shape index (κ3) is 2.63. The van der Waals surface area contributed by atoms with Crippen LogP contribution < -0.4 is 0 Å². The largest absolute Gasteiger partial charge is 0.368 e. The number of rotatable bonds is 1. The Hall–Kier alpha value is 0.230. The summed E-state index contributed by atoms with van der Waals surface area (Å²) in [6.45, 7) is 1.96. The maximum absolute atomic E-state index is 9.22. The molecule has 1 aliphatic rings. The van der Waals surface area contributed by atoms with Crippen molar-refractivity contribution in [3.63, 3.8) is 0 Å². The highest BCUT2D eigenvalue weighted by Gasteiger charge is 2.26. The normalized spacial score (nSPS) is 39.5. The van der Waals surface area contributed by atoms with Gasteiger partial charge in [-0.05, 0) is 20.4 Å². The van der Waals surface area contributed by atoms with E-state index in [1.165, 1.54) is 0 Å². The van der Waals surface area contributed by atoms with Crippen molar-refractivity contribution < 1.29 is 9.84 Å². The molecule has 0 aromatic carbocycles. The standard InChI is InChI=1S/C7H15NO2S/c1-5-3-6(8(2)11)4-7(9)10-5/h5-7,9,11H,3-4H2,1-2H3. The number of aliphatic hydroxyl groups excluding tert-OH is 1. The van der Waals surface area contributed by atoms with Crippen molar-refractivity contribution in [3.05, 3.63) is 0 Å². The summed E-state index contributed by atoms with van der Waals surface area (Å²) in [5, 5.41) is 9.22. The van der Waals surface area contributed by atoms with E-state index in [1.807, 2.05) is 18.3 Å². The highest BCUT2D eigenvalue weighted by Crippen LogP contribution is 2.22. The Morgan fingerprint density at radius 2 is 2.18 bits per heavy atom. The molecule has 0 saturated carbocycles. The van der Waals surface area contributed by atoms with Gasteiger partial charge in [-0.2, -0.15) is 0 Å². The highest BCUT2D eigenvalue weighted by molar-refractivity contribution is 7.77. The van der Waals surface area contributed by atoms with Gasteiger partial charge in [-0.1, -0.05) is 12.8 Å². The van der Waals surface area contributed by atoms with Crippen LogP contribution in [0.15, 0.2) is 0 Å². The minimum absolute atomic E-state index is 0.137. The quantitative estimate of drug-likeness (QED) is 0.577. The number of thiol groups is 1. The van der Waals surface area contributed by atoms with Gasteiger partial charge in [0.2, 0.25) is 0 Å². The fourth-order valence-electron chi connectivity index (χ4n) is 1.40. The van der Waals surface area contributed by atoms with Crippen LogP contribution >= 0.6 is 12.8 Å². The average molecular weight is 177 g/mol. The van der Waals surface area contributed by atoms with Gasteiger partial charge in [0.1, 0.15) is 0 Å². The lowest BCUT2D eigenvalue weighted by Gasteiger charge is -2.33. The summed E-state index contributed by atoms with van der Waals surface area (Å²) < 4.78 is 7.00. The van der Waals surface area contributed by atoms with Crippen LogP contribution in [0.4, 0.5) is 0 Å². The van der Waals surface area contributed by atoms with E-state index in [2.05, 4.69) is 12.8 Å². The van der Waals surface area contributed by atoms with Gasteiger partial charge in [-0.15, -0.1) is 0 Å². The van der Waals surface area contributed by atoms with Crippen molar-refractivity contribution >= 4 is 12.8 Å². The van der Waals surface area contributed by atoms with Crippen LogP contribution in [0.1, 0.15) is 19.8 Å². The molecule has 0 bridgehead atoms. The van der Waals surface area contributed by atoms with Crippen molar-refractivity contribution in [1.29, 1.82) is 0 Å². The van der Waals surface area contributed by atoms with Gasteiger partial charge in [0.25, 0.3) is 0 Å². The summed E-state index contributed by atoms with van der Waals surface area (Å²) in [7, 11) is 1.90. The molecular formula is C7H15NO2S. The molecule has 0 aliphatic carbocycles. The second-order valence-corrected chi connectivity index (χ2v) is 3.73.